The molecule has 1 rings (SSSR count). The van der Waals surface area contributed by atoms with Crippen LogP contribution in [-0.4, -0.2) is 25.0 Å². The monoisotopic (exact) mass is 296 g/mol. The molecule has 0 saturated heterocycles. The predicted molar refractivity (Wildman–Crippen MR) is 72.6 cm³/mol. The molecule has 7 heteroatoms. The van der Waals surface area contributed by atoms with Gasteiger partial charge in [0.1, 0.15) is 5.00 Å². The van der Waals surface area contributed by atoms with E-state index in [0.717, 1.165) is 16.5 Å². The molecule has 6 nitrogen and oxygen atoms in total. The van der Waals surface area contributed by atoms with Gasteiger partial charge in [0, 0.05) is 11.0 Å². The number of rotatable bonds is 5. The molecule has 1 aromatic rings. The standard InChI is InChI=1S/C13H15NO5S/c1-4-8-7(2)20-12(11(8)13(18)19-3)14-9(15)5-6-10(16)17/h5-6H,4H2,1-3H3,(H,14,15)(H,16,17)/p-1. The topological polar surface area (TPSA) is 95.5 Å². The van der Waals surface area contributed by atoms with E-state index in [4.69, 9.17) is 4.74 Å². The normalized spacial score (nSPS) is 10.6. The highest BCUT2D eigenvalue weighted by Gasteiger charge is 2.22. The molecule has 0 aliphatic heterocycles. The van der Waals surface area contributed by atoms with Crippen LogP contribution in [0.5, 0.6) is 0 Å². The molecule has 1 heterocycles. The van der Waals surface area contributed by atoms with Crippen LogP contribution < -0.4 is 10.4 Å². The Hall–Kier alpha value is -2.15. The van der Waals surface area contributed by atoms with E-state index in [-0.39, 0.29) is 0 Å². The average molecular weight is 296 g/mol. The Bertz CT molecular complexity index is 574. The Labute approximate surface area is 120 Å². The average Bonchev–Trinajstić information content (AvgIpc) is 2.71. The van der Waals surface area contributed by atoms with Gasteiger partial charge in [-0.1, -0.05) is 6.92 Å². The fourth-order valence-corrected chi connectivity index (χ4v) is 2.84. The van der Waals surface area contributed by atoms with Gasteiger partial charge in [-0.3, -0.25) is 4.79 Å². The SMILES string of the molecule is CCc1c(C)sc(NC(=O)C=CC(=O)[O-])c1C(=O)OC. The van der Waals surface area contributed by atoms with Gasteiger partial charge in [-0.25, -0.2) is 4.79 Å². The third kappa shape index (κ3) is 3.67. The number of carboxylic acids is 1. The molecule has 1 N–H and O–H groups in total. The molecule has 0 aliphatic rings. The van der Waals surface area contributed by atoms with Crippen LogP contribution in [0, 0.1) is 6.92 Å². The van der Waals surface area contributed by atoms with E-state index < -0.39 is 17.8 Å². The Morgan fingerprint density at radius 2 is 2.00 bits per heavy atom. The molecular weight excluding hydrogens is 282 g/mol. The van der Waals surface area contributed by atoms with Crippen LogP contribution in [0.4, 0.5) is 5.00 Å². The summed E-state index contributed by atoms with van der Waals surface area (Å²) in [6.45, 7) is 3.73. The molecule has 0 aliphatic carbocycles. The van der Waals surface area contributed by atoms with Crippen LogP contribution in [0.1, 0.15) is 27.7 Å². The maximum absolute atomic E-state index is 11.8. The summed E-state index contributed by atoms with van der Waals surface area (Å²) < 4.78 is 4.71. The second-order valence-corrected chi connectivity index (χ2v) is 5.05. The molecule has 20 heavy (non-hydrogen) atoms. The van der Waals surface area contributed by atoms with E-state index in [2.05, 4.69) is 5.32 Å². The van der Waals surface area contributed by atoms with E-state index in [1.165, 1.54) is 18.4 Å². The highest BCUT2D eigenvalue weighted by atomic mass is 32.1. The summed E-state index contributed by atoms with van der Waals surface area (Å²) in [4.78, 5) is 34.5. The van der Waals surface area contributed by atoms with Crippen molar-refractivity contribution in [1.82, 2.24) is 0 Å². The number of carboxylic acid groups (broad SMARTS) is 1. The van der Waals surface area contributed by atoms with Crippen molar-refractivity contribution in [3.63, 3.8) is 0 Å². The van der Waals surface area contributed by atoms with Crippen LogP contribution in [0.15, 0.2) is 12.2 Å². The van der Waals surface area contributed by atoms with Crippen molar-refractivity contribution in [2.45, 2.75) is 20.3 Å². The van der Waals surface area contributed by atoms with Gasteiger partial charge in [-0.15, -0.1) is 11.3 Å². The number of hydrogen-bond donors (Lipinski definition) is 1. The molecule has 1 aromatic heterocycles. The van der Waals surface area contributed by atoms with Crippen LogP contribution >= 0.6 is 11.3 Å². The number of ether oxygens (including phenoxy) is 1. The lowest BCUT2D eigenvalue weighted by atomic mass is 10.1. The van der Waals surface area contributed by atoms with Gasteiger partial charge in [0.2, 0.25) is 5.91 Å². The minimum absolute atomic E-state index is 0.313. The minimum atomic E-state index is -1.47. The second-order valence-electron chi connectivity index (χ2n) is 3.83. The Morgan fingerprint density at radius 3 is 2.50 bits per heavy atom. The quantitative estimate of drug-likeness (QED) is 0.636. The van der Waals surface area contributed by atoms with Crippen molar-refractivity contribution in [2.75, 3.05) is 12.4 Å². The van der Waals surface area contributed by atoms with E-state index in [0.29, 0.717) is 23.1 Å². The molecule has 108 valence electrons. The number of methoxy groups -OCH3 is 1. The summed E-state index contributed by atoms with van der Waals surface area (Å²) in [5, 5.41) is 13.1. The number of esters is 1. The molecule has 0 fully saturated rings. The molecule has 0 unspecified atom stereocenters. The highest BCUT2D eigenvalue weighted by Crippen LogP contribution is 2.33. The minimum Gasteiger partial charge on any atom is -0.545 e. The fraction of sp³-hybridized carbons (Fsp3) is 0.308. The summed E-state index contributed by atoms with van der Waals surface area (Å²) in [6, 6.07) is 0. The lowest BCUT2D eigenvalue weighted by Crippen LogP contribution is -2.20. The predicted octanol–water partition coefficient (Wildman–Crippen LogP) is 0.650. The van der Waals surface area contributed by atoms with Crippen LogP contribution in [0.2, 0.25) is 0 Å². The zero-order chi connectivity index (χ0) is 15.3. The van der Waals surface area contributed by atoms with Gasteiger partial charge in [0.05, 0.1) is 18.6 Å². The van der Waals surface area contributed by atoms with Crippen LogP contribution in [0.3, 0.4) is 0 Å². The first kappa shape index (κ1) is 15.9. The molecule has 0 aromatic carbocycles. The smallest absolute Gasteiger partial charge is 0.341 e. The second kappa shape index (κ2) is 6.85. The van der Waals surface area contributed by atoms with Crippen LogP contribution in [0.25, 0.3) is 0 Å². The van der Waals surface area contributed by atoms with Gasteiger partial charge in [0.25, 0.3) is 0 Å². The summed E-state index contributed by atoms with van der Waals surface area (Å²) >= 11 is 1.24. The van der Waals surface area contributed by atoms with Gasteiger partial charge in [-0.05, 0) is 25.0 Å². The third-order valence-corrected chi connectivity index (χ3v) is 3.62. The van der Waals surface area contributed by atoms with Crippen LogP contribution in [-0.2, 0) is 20.7 Å². The third-order valence-electron chi connectivity index (χ3n) is 2.56. The molecule has 0 atom stereocenters. The maximum Gasteiger partial charge on any atom is 0.341 e. The zero-order valence-corrected chi connectivity index (χ0v) is 12.1. The van der Waals surface area contributed by atoms with E-state index in [1.54, 1.807) is 0 Å². The summed E-state index contributed by atoms with van der Waals surface area (Å²) in [7, 11) is 1.26. The van der Waals surface area contributed by atoms with Gasteiger partial charge < -0.3 is 20.0 Å². The molecule has 0 spiro atoms. The van der Waals surface area contributed by atoms with Crippen molar-refractivity contribution in [2.24, 2.45) is 0 Å². The Balaban J connectivity index is 3.09. The van der Waals surface area contributed by atoms with E-state index >= 15 is 0 Å². The molecule has 0 saturated carbocycles. The molecule has 0 bridgehead atoms. The number of hydrogen-bond acceptors (Lipinski definition) is 6. The lowest BCUT2D eigenvalue weighted by molar-refractivity contribution is -0.297. The summed E-state index contributed by atoms with van der Waals surface area (Å²) in [5.74, 6) is -2.65. The highest BCUT2D eigenvalue weighted by molar-refractivity contribution is 7.16. The number of amides is 1. The zero-order valence-electron chi connectivity index (χ0n) is 11.3. The van der Waals surface area contributed by atoms with Crippen molar-refractivity contribution in [1.29, 1.82) is 0 Å². The van der Waals surface area contributed by atoms with Gasteiger partial charge in [-0.2, -0.15) is 0 Å². The first-order valence-electron chi connectivity index (χ1n) is 5.81. The molecule has 1 amide bonds. The first-order valence-corrected chi connectivity index (χ1v) is 6.62. The van der Waals surface area contributed by atoms with Gasteiger partial charge in [0.15, 0.2) is 0 Å². The van der Waals surface area contributed by atoms with Gasteiger partial charge >= 0.3 is 5.97 Å². The number of anilines is 1. The summed E-state index contributed by atoms with van der Waals surface area (Å²) in [6.07, 6.45) is 2.07. The number of aliphatic carboxylic acids is 1. The largest absolute Gasteiger partial charge is 0.545 e. The molecular formula is C13H14NO5S-. The maximum atomic E-state index is 11.8. The Kier molecular flexibility index (Phi) is 5.45. The summed E-state index contributed by atoms with van der Waals surface area (Å²) in [5.41, 5.74) is 1.12. The lowest BCUT2D eigenvalue weighted by Gasteiger charge is -2.05. The van der Waals surface area contributed by atoms with Crippen molar-refractivity contribution >= 4 is 34.2 Å². The first-order chi connectivity index (χ1) is 9.40. The number of aryl methyl sites for hydroxylation is 1. The number of carbonyl (C=O) groups is 3. The number of carbonyl (C=O) groups excluding carboxylic acids is 3. The van der Waals surface area contributed by atoms with Crippen molar-refractivity contribution in [3.05, 3.63) is 28.2 Å². The molecule has 0 radical (unpaired) electrons. The van der Waals surface area contributed by atoms with Crippen molar-refractivity contribution < 1.29 is 24.2 Å². The Morgan fingerprint density at radius 1 is 1.35 bits per heavy atom. The van der Waals surface area contributed by atoms with E-state index in [1.807, 2.05) is 13.8 Å². The fourth-order valence-electron chi connectivity index (χ4n) is 1.71. The number of nitrogens with one attached hydrogen (secondary N) is 1. The number of thiophene rings is 1. The van der Waals surface area contributed by atoms with E-state index in [9.17, 15) is 19.5 Å². The van der Waals surface area contributed by atoms with Crippen molar-refractivity contribution in [3.8, 4) is 0 Å².